The molecule has 0 saturated carbocycles. The van der Waals surface area contributed by atoms with Gasteiger partial charge in [-0.3, -0.25) is 0 Å². The normalized spacial score (nSPS) is 11.7. The maximum absolute atomic E-state index is 12.8. The molecule has 0 amide bonds. The highest BCUT2D eigenvalue weighted by Crippen LogP contribution is 2.38. The Balaban J connectivity index is 1.67. The first-order valence-corrected chi connectivity index (χ1v) is 11.5. The van der Waals surface area contributed by atoms with Gasteiger partial charge in [0, 0.05) is 27.5 Å². The van der Waals surface area contributed by atoms with Crippen molar-refractivity contribution in [3.8, 4) is 11.1 Å². The summed E-state index contributed by atoms with van der Waals surface area (Å²) in [6.45, 7) is 6.22. The topological polar surface area (TPSA) is 43.4 Å². The average Bonchev–Trinajstić information content (AvgIpc) is 3.23. The Morgan fingerprint density at radius 3 is 2.44 bits per heavy atom. The number of rotatable bonds is 6. The van der Waals surface area contributed by atoms with Crippen molar-refractivity contribution in [3.63, 3.8) is 0 Å². The van der Waals surface area contributed by atoms with Crippen LogP contribution in [0.15, 0.2) is 68.4 Å². The van der Waals surface area contributed by atoms with Crippen molar-refractivity contribution in [2.75, 3.05) is 0 Å². The highest BCUT2D eigenvalue weighted by Gasteiger charge is 2.19. The number of furan rings is 1. The van der Waals surface area contributed by atoms with E-state index in [0.29, 0.717) is 5.58 Å². The molecule has 0 aliphatic carbocycles. The van der Waals surface area contributed by atoms with Crippen LogP contribution in [0.4, 0.5) is 0 Å². The van der Waals surface area contributed by atoms with Crippen molar-refractivity contribution in [3.05, 3.63) is 81.9 Å². The Morgan fingerprint density at radius 2 is 1.62 bits per heavy atom. The fraction of sp³-hybridized carbons (Fsp3) is 0.276. The summed E-state index contributed by atoms with van der Waals surface area (Å²) in [4.78, 5) is 12.8. The van der Waals surface area contributed by atoms with E-state index in [-0.39, 0.29) is 5.63 Å². The number of hydrogen-bond acceptors (Lipinski definition) is 3. The second-order valence-corrected chi connectivity index (χ2v) is 8.77. The van der Waals surface area contributed by atoms with Gasteiger partial charge in [0.2, 0.25) is 0 Å². The number of fused-ring (bicyclic) bond motifs is 3. The van der Waals surface area contributed by atoms with Gasteiger partial charge < -0.3 is 8.83 Å². The number of hydrogen-bond donors (Lipinski definition) is 0. The third kappa shape index (κ3) is 3.42. The molecule has 2 heterocycles. The molecule has 0 unspecified atom stereocenters. The molecule has 5 rings (SSSR count). The van der Waals surface area contributed by atoms with Crippen LogP contribution >= 0.6 is 0 Å². The first-order chi connectivity index (χ1) is 15.6. The van der Waals surface area contributed by atoms with Crippen LogP contribution in [0.3, 0.4) is 0 Å². The van der Waals surface area contributed by atoms with E-state index < -0.39 is 0 Å². The molecule has 3 aromatic carbocycles. The molecule has 0 bridgehead atoms. The predicted molar refractivity (Wildman–Crippen MR) is 133 cm³/mol. The molecular formula is C29H28O3. The zero-order chi connectivity index (χ0) is 22.2. The number of benzene rings is 3. The molecule has 0 radical (unpaired) electrons. The van der Waals surface area contributed by atoms with Crippen LogP contribution in [0.5, 0.6) is 0 Å². The molecule has 0 saturated heterocycles. The van der Waals surface area contributed by atoms with E-state index in [1.807, 2.05) is 13.2 Å². The molecule has 2 aromatic heterocycles. The first kappa shape index (κ1) is 20.6. The molecule has 32 heavy (non-hydrogen) atoms. The third-order valence-corrected chi connectivity index (χ3v) is 6.68. The zero-order valence-corrected chi connectivity index (χ0v) is 19.0. The Hall–Kier alpha value is -3.33. The van der Waals surface area contributed by atoms with Gasteiger partial charge in [-0.1, -0.05) is 62.6 Å². The molecule has 0 N–H and O–H groups in total. The summed E-state index contributed by atoms with van der Waals surface area (Å²) in [6, 6.07) is 17.0. The standard InChI is InChI=1S/C29H28O3/c1-4-5-6-7-12-23-18(2)24-16-25-26(17-31-27(25)19(3)28(24)32-29(23)30)22-14-13-20-10-8-9-11-21(20)15-22/h8-11,13-17H,4-7,12H2,1-3H3. The Morgan fingerprint density at radius 1 is 0.812 bits per heavy atom. The van der Waals surface area contributed by atoms with Crippen LogP contribution in [-0.4, -0.2) is 0 Å². The van der Waals surface area contributed by atoms with Crippen molar-refractivity contribution in [2.24, 2.45) is 0 Å². The van der Waals surface area contributed by atoms with Crippen LogP contribution < -0.4 is 5.63 Å². The Kier molecular flexibility index (Phi) is 5.34. The first-order valence-electron chi connectivity index (χ1n) is 11.5. The van der Waals surface area contributed by atoms with E-state index in [1.54, 1.807) is 0 Å². The van der Waals surface area contributed by atoms with Crippen LogP contribution in [0.25, 0.3) is 43.8 Å². The lowest BCUT2D eigenvalue weighted by Gasteiger charge is -2.10. The second kappa shape index (κ2) is 8.31. The molecule has 5 aromatic rings. The zero-order valence-electron chi connectivity index (χ0n) is 19.0. The van der Waals surface area contributed by atoms with Crippen molar-refractivity contribution in [2.45, 2.75) is 52.9 Å². The lowest BCUT2D eigenvalue weighted by molar-refractivity contribution is 0.539. The van der Waals surface area contributed by atoms with Crippen LogP contribution in [0, 0.1) is 13.8 Å². The fourth-order valence-corrected chi connectivity index (χ4v) is 4.79. The number of aryl methyl sites for hydroxylation is 2. The smallest absolute Gasteiger partial charge is 0.339 e. The summed E-state index contributed by atoms with van der Waals surface area (Å²) in [7, 11) is 0. The van der Waals surface area contributed by atoms with Gasteiger partial charge in [0.05, 0.1) is 6.26 Å². The van der Waals surface area contributed by atoms with E-state index in [4.69, 9.17) is 8.83 Å². The highest BCUT2D eigenvalue weighted by molar-refractivity contribution is 6.05. The lowest BCUT2D eigenvalue weighted by Crippen LogP contribution is -2.10. The summed E-state index contributed by atoms with van der Waals surface area (Å²) >= 11 is 0. The van der Waals surface area contributed by atoms with Crippen molar-refractivity contribution in [1.82, 2.24) is 0 Å². The summed E-state index contributed by atoms with van der Waals surface area (Å²) in [5.74, 6) is 0. The molecule has 162 valence electrons. The third-order valence-electron chi connectivity index (χ3n) is 6.68. The molecule has 0 spiro atoms. The van der Waals surface area contributed by atoms with Gasteiger partial charge >= 0.3 is 5.63 Å². The van der Waals surface area contributed by atoms with Crippen LogP contribution in [0.1, 0.15) is 49.3 Å². The minimum absolute atomic E-state index is 0.213. The van der Waals surface area contributed by atoms with Gasteiger partial charge in [-0.2, -0.15) is 0 Å². The largest absolute Gasteiger partial charge is 0.463 e. The van der Waals surface area contributed by atoms with E-state index in [0.717, 1.165) is 63.4 Å². The SMILES string of the molecule is CCCCCCc1c(C)c2cc3c(-c4ccc5ccccc5c4)coc3c(C)c2oc1=O. The van der Waals surface area contributed by atoms with Gasteiger partial charge in [0.1, 0.15) is 11.2 Å². The predicted octanol–water partition coefficient (Wildman–Crippen LogP) is 8.10. The Labute approximate surface area is 187 Å². The quantitative estimate of drug-likeness (QED) is 0.204. The maximum atomic E-state index is 12.8. The molecule has 0 aliphatic rings. The van der Waals surface area contributed by atoms with Gasteiger partial charge in [-0.05, 0) is 60.7 Å². The molecular weight excluding hydrogens is 396 g/mol. The molecule has 0 atom stereocenters. The minimum atomic E-state index is -0.213. The van der Waals surface area contributed by atoms with E-state index >= 15 is 0 Å². The van der Waals surface area contributed by atoms with Gasteiger partial charge in [0.15, 0.2) is 0 Å². The molecule has 0 fully saturated rings. The lowest BCUT2D eigenvalue weighted by atomic mass is 9.95. The molecule has 0 aliphatic heterocycles. The van der Waals surface area contributed by atoms with E-state index in [2.05, 4.69) is 62.4 Å². The van der Waals surface area contributed by atoms with E-state index in [1.165, 1.54) is 23.6 Å². The van der Waals surface area contributed by atoms with Gasteiger partial charge in [0.25, 0.3) is 0 Å². The summed E-state index contributed by atoms with van der Waals surface area (Å²) in [5, 5.41) is 4.48. The number of unbranched alkanes of at least 4 members (excludes halogenated alkanes) is 3. The minimum Gasteiger partial charge on any atom is -0.463 e. The van der Waals surface area contributed by atoms with Crippen LogP contribution in [-0.2, 0) is 6.42 Å². The van der Waals surface area contributed by atoms with Crippen LogP contribution in [0.2, 0.25) is 0 Å². The highest BCUT2D eigenvalue weighted by atomic mass is 16.4. The van der Waals surface area contributed by atoms with Crippen molar-refractivity contribution < 1.29 is 8.83 Å². The Bertz CT molecular complexity index is 1500. The fourth-order valence-electron chi connectivity index (χ4n) is 4.79. The van der Waals surface area contributed by atoms with Crippen molar-refractivity contribution >= 4 is 32.7 Å². The maximum Gasteiger partial charge on any atom is 0.339 e. The molecule has 3 nitrogen and oxygen atoms in total. The molecule has 3 heteroatoms. The summed E-state index contributed by atoms with van der Waals surface area (Å²) < 4.78 is 11.8. The van der Waals surface area contributed by atoms with Crippen molar-refractivity contribution in [1.29, 1.82) is 0 Å². The summed E-state index contributed by atoms with van der Waals surface area (Å²) in [5.41, 5.74) is 6.10. The van der Waals surface area contributed by atoms with Gasteiger partial charge in [-0.25, -0.2) is 4.79 Å². The summed E-state index contributed by atoms with van der Waals surface area (Å²) in [6.07, 6.45) is 7.12. The average molecular weight is 425 g/mol. The second-order valence-electron chi connectivity index (χ2n) is 8.77. The van der Waals surface area contributed by atoms with E-state index in [9.17, 15) is 4.79 Å². The van der Waals surface area contributed by atoms with Gasteiger partial charge in [-0.15, -0.1) is 0 Å². The monoisotopic (exact) mass is 424 g/mol.